The maximum Gasteiger partial charge on any atom is 0.155 e. The van der Waals surface area contributed by atoms with Crippen LogP contribution in [0.1, 0.15) is 11.3 Å². The van der Waals surface area contributed by atoms with E-state index in [9.17, 15) is 0 Å². The second kappa shape index (κ2) is 3.89. The van der Waals surface area contributed by atoms with E-state index in [-0.39, 0.29) is 0 Å². The van der Waals surface area contributed by atoms with Crippen LogP contribution >= 0.6 is 11.3 Å². The summed E-state index contributed by atoms with van der Waals surface area (Å²) in [6.45, 7) is 4.09. The number of aryl methyl sites for hydroxylation is 1. The van der Waals surface area contributed by atoms with Crippen LogP contribution in [-0.2, 0) is 0 Å². The second-order valence-electron chi connectivity index (χ2n) is 4.09. The minimum atomic E-state index is 0.904. The Labute approximate surface area is 103 Å². The van der Waals surface area contributed by atoms with Crippen molar-refractivity contribution in [3.8, 4) is 0 Å². The lowest BCUT2D eigenvalue weighted by Gasteiger charge is -2.05. The molecule has 2 N–H and O–H groups in total. The fourth-order valence-electron chi connectivity index (χ4n) is 1.84. The van der Waals surface area contributed by atoms with Gasteiger partial charge in [-0.05, 0) is 37.4 Å². The lowest BCUT2D eigenvalue weighted by Crippen LogP contribution is -1.92. The van der Waals surface area contributed by atoms with Gasteiger partial charge in [-0.2, -0.15) is 5.10 Å². The van der Waals surface area contributed by atoms with E-state index in [0.29, 0.717) is 0 Å². The van der Waals surface area contributed by atoms with E-state index >= 15 is 0 Å². The molecule has 86 valence electrons. The molecule has 1 aromatic carbocycles. The summed E-state index contributed by atoms with van der Waals surface area (Å²) in [6.07, 6.45) is 0. The first kappa shape index (κ1) is 10.4. The molecule has 0 aliphatic heterocycles. The van der Waals surface area contributed by atoms with Crippen molar-refractivity contribution in [2.45, 2.75) is 13.8 Å². The summed E-state index contributed by atoms with van der Waals surface area (Å²) in [7, 11) is 0. The zero-order chi connectivity index (χ0) is 11.8. The van der Waals surface area contributed by atoms with Crippen molar-refractivity contribution in [1.82, 2.24) is 10.2 Å². The minimum absolute atomic E-state index is 0.904. The summed E-state index contributed by atoms with van der Waals surface area (Å²) in [5.74, 6) is 0.904. The summed E-state index contributed by atoms with van der Waals surface area (Å²) in [5.41, 5.74) is 3.38. The van der Waals surface area contributed by atoms with Crippen molar-refractivity contribution in [2.75, 3.05) is 5.32 Å². The third kappa shape index (κ3) is 1.70. The Kier molecular flexibility index (Phi) is 2.37. The highest BCUT2D eigenvalue weighted by molar-refractivity contribution is 7.17. The number of hydrogen-bond acceptors (Lipinski definition) is 3. The number of thiophene rings is 1. The van der Waals surface area contributed by atoms with E-state index < -0.39 is 0 Å². The van der Waals surface area contributed by atoms with Crippen molar-refractivity contribution in [1.29, 1.82) is 0 Å². The highest BCUT2D eigenvalue weighted by atomic mass is 32.1. The van der Waals surface area contributed by atoms with Gasteiger partial charge < -0.3 is 5.32 Å². The molecule has 0 aliphatic carbocycles. The van der Waals surface area contributed by atoms with Gasteiger partial charge in [0.1, 0.15) is 0 Å². The first-order chi connectivity index (χ1) is 8.25. The molecule has 0 fully saturated rings. The Balaban J connectivity index is 2.05. The van der Waals surface area contributed by atoms with Gasteiger partial charge in [-0.25, -0.2) is 0 Å². The van der Waals surface area contributed by atoms with Crippen LogP contribution in [0.25, 0.3) is 10.1 Å². The standard InChI is InChI=1S/C13H13N3S/c1-8-9(2)15-16-13(8)14-11-4-3-5-12-10(11)6-7-17-12/h3-7H,1-2H3,(H2,14,15,16). The van der Waals surface area contributed by atoms with Crippen LogP contribution in [0.15, 0.2) is 29.6 Å². The molecular weight excluding hydrogens is 230 g/mol. The number of fused-ring (bicyclic) bond motifs is 1. The third-order valence-corrected chi connectivity index (χ3v) is 3.88. The average molecular weight is 243 g/mol. The van der Waals surface area contributed by atoms with Gasteiger partial charge in [-0.15, -0.1) is 11.3 Å². The highest BCUT2D eigenvalue weighted by Gasteiger charge is 2.07. The molecule has 3 rings (SSSR count). The fourth-order valence-corrected chi connectivity index (χ4v) is 2.65. The largest absolute Gasteiger partial charge is 0.338 e. The molecule has 0 aliphatic rings. The van der Waals surface area contributed by atoms with Crippen molar-refractivity contribution >= 4 is 32.9 Å². The van der Waals surface area contributed by atoms with Gasteiger partial charge in [0.25, 0.3) is 0 Å². The molecule has 0 saturated heterocycles. The quantitative estimate of drug-likeness (QED) is 0.714. The molecule has 0 spiro atoms. The van der Waals surface area contributed by atoms with Crippen LogP contribution in [0.2, 0.25) is 0 Å². The summed E-state index contributed by atoms with van der Waals surface area (Å²) in [5, 5.41) is 14.0. The van der Waals surface area contributed by atoms with E-state index in [2.05, 4.69) is 52.1 Å². The van der Waals surface area contributed by atoms with E-state index in [1.807, 2.05) is 6.92 Å². The maximum atomic E-state index is 4.27. The number of hydrogen-bond donors (Lipinski definition) is 2. The predicted octanol–water partition coefficient (Wildman–Crippen LogP) is 3.98. The number of nitrogens with zero attached hydrogens (tertiary/aromatic N) is 1. The number of anilines is 2. The van der Waals surface area contributed by atoms with Crippen molar-refractivity contribution < 1.29 is 0 Å². The second-order valence-corrected chi connectivity index (χ2v) is 5.03. The third-order valence-electron chi connectivity index (χ3n) is 3.00. The van der Waals surface area contributed by atoms with E-state index in [1.165, 1.54) is 10.1 Å². The van der Waals surface area contributed by atoms with Gasteiger partial charge in [-0.1, -0.05) is 6.07 Å². The fraction of sp³-hybridized carbons (Fsp3) is 0.154. The highest BCUT2D eigenvalue weighted by Crippen LogP contribution is 2.30. The zero-order valence-electron chi connectivity index (χ0n) is 9.74. The lowest BCUT2D eigenvalue weighted by molar-refractivity contribution is 1.05. The smallest absolute Gasteiger partial charge is 0.155 e. The maximum absolute atomic E-state index is 4.27. The first-order valence-corrected chi connectivity index (χ1v) is 6.38. The number of nitrogens with one attached hydrogen (secondary N) is 2. The Hall–Kier alpha value is -1.81. The first-order valence-electron chi connectivity index (χ1n) is 5.50. The monoisotopic (exact) mass is 243 g/mol. The van der Waals surface area contributed by atoms with Gasteiger partial charge in [0.2, 0.25) is 0 Å². The molecule has 0 radical (unpaired) electrons. The topological polar surface area (TPSA) is 40.7 Å². The Bertz CT molecular complexity index is 666. The van der Waals surface area contributed by atoms with Crippen LogP contribution in [0.3, 0.4) is 0 Å². The minimum Gasteiger partial charge on any atom is -0.338 e. The molecule has 2 heterocycles. The van der Waals surface area contributed by atoms with Crippen LogP contribution < -0.4 is 5.32 Å². The van der Waals surface area contributed by atoms with Crippen molar-refractivity contribution in [3.63, 3.8) is 0 Å². The van der Waals surface area contributed by atoms with E-state index in [0.717, 1.165) is 22.8 Å². The number of H-pyrrole nitrogens is 1. The summed E-state index contributed by atoms with van der Waals surface area (Å²) in [4.78, 5) is 0. The van der Waals surface area contributed by atoms with Crippen molar-refractivity contribution in [2.24, 2.45) is 0 Å². The lowest BCUT2D eigenvalue weighted by atomic mass is 10.2. The number of aromatic nitrogens is 2. The number of benzene rings is 1. The van der Waals surface area contributed by atoms with E-state index in [4.69, 9.17) is 0 Å². The molecule has 0 amide bonds. The number of aromatic amines is 1. The SMILES string of the molecule is Cc1[nH]nc(Nc2cccc3sccc23)c1C. The van der Waals surface area contributed by atoms with Gasteiger partial charge in [-0.3, -0.25) is 5.10 Å². The normalized spacial score (nSPS) is 10.9. The van der Waals surface area contributed by atoms with Gasteiger partial charge in [0, 0.05) is 27.0 Å². The summed E-state index contributed by atoms with van der Waals surface area (Å²) in [6, 6.07) is 8.42. The van der Waals surface area contributed by atoms with Gasteiger partial charge >= 0.3 is 0 Å². The van der Waals surface area contributed by atoms with Crippen LogP contribution in [-0.4, -0.2) is 10.2 Å². The Morgan fingerprint density at radius 2 is 2.12 bits per heavy atom. The molecule has 0 bridgehead atoms. The molecule has 4 heteroatoms. The van der Waals surface area contributed by atoms with Gasteiger partial charge in [0.05, 0.1) is 0 Å². The molecule has 2 aromatic heterocycles. The van der Waals surface area contributed by atoms with Crippen LogP contribution in [0.4, 0.5) is 11.5 Å². The van der Waals surface area contributed by atoms with Crippen LogP contribution in [0.5, 0.6) is 0 Å². The molecule has 3 aromatic rings. The Morgan fingerprint density at radius 3 is 2.88 bits per heavy atom. The molecule has 0 saturated carbocycles. The molecule has 0 unspecified atom stereocenters. The van der Waals surface area contributed by atoms with Gasteiger partial charge in [0.15, 0.2) is 5.82 Å². The Morgan fingerprint density at radius 1 is 1.24 bits per heavy atom. The predicted molar refractivity (Wildman–Crippen MR) is 73.2 cm³/mol. The average Bonchev–Trinajstić information content (AvgIpc) is 2.91. The molecule has 3 nitrogen and oxygen atoms in total. The molecular formula is C13H13N3S. The zero-order valence-corrected chi connectivity index (χ0v) is 10.6. The van der Waals surface area contributed by atoms with Crippen LogP contribution in [0, 0.1) is 13.8 Å². The molecule has 17 heavy (non-hydrogen) atoms. The number of rotatable bonds is 2. The molecule has 0 atom stereocenters. The summed E-state index contributed by atoms with van der Waals surface area (Å²) < 4.78 is 1.29. The summed E-state index contributed by atoms with van der Waals surface area (Å²) >= 11 is 1.75. The van der Waals surface area contributed by atoms with Crippen molar-refractivity contribution in [3.05, 3.63) is 40.9 Å². The van der Waals surface area contributed by atoms with E-state index in [1.54, 1.807) is 11.3 Å².